The standard InChI is InChI=1S/C31H37Cl2N3O4S/c1-20(2)17-34-31(38)24(6)35(18-26-27(32)8-7-9-28(26)33)30(37)19-36(29-15-12-22(4)16-23(29)5)41(39,40)25-13-10-21(3)11-14-25/h7-16,20,24H,17-19H2,1-6H3,(H,34,38)/t24-/m0/s1. The molecule has 0 radical (unpaired) electrons. The number of anilines is 1. The fourth-order valence-corrected chi connectivity index (χ4v) is 6.32. The molecule has 0 fully saturated rings. The average Bonchev–Trinajstić information content (AvgIpc) is 2.90. The zero-order chi connectivity index (χ0) is 30.5. The minimum Gasteiger partial charge on any atom is -0.354 e. The quantitative estimate of drug-likeness (QED) is 0.273. The number of hydrogen-bond donors (Lipinski definition) is 1. The van der Waals surface area contributed by atoms with Crippen molar-refractivity contribution in [1.29, 1.82) is 0 Å². The van der Waals surface area contributed by atoms with Crippen molar-refractivity contribution in [1.82, 2.24) is 10.2 Å². The normalized spacial score (nSPS) is 12.2. The first-order chi connectivity index (χ1) is 19.2. The van der Waals surface area contributed by atoms with E-state index in [4.69, 9.17) is 23.2 Å². The van der Waals surface area contributed by atoms with Crippen molar-refractivity contribution < 1.29 is 18.0 Å². The van der Waals surface area contributed by atoms with Crippen LogP contribution in [0.1, 0.15) is 43.0 Å². The van der Waals surface area contributed by atoms with E-state index in [2.05, 4.69) is 5.32 Å². The molecule has 0 spiro atoms. The van der Waals surface area contributed by atoms with Crippen molar-refractivity contribution in [3.63, 3.8) is 0 Å². The van der Waals surface area contributed by atoms with Gasteiger partial charge in [0.05, 0.1) is 10.6 Å². The van der Waals surface area contributed by atoms with Crippen molar-refractivity contribution in [3.8, 4) is 0 Å². The van der Waals surface area contributed by atoms with E-state index in [-0.39, 0.29) is 23.3 Å². The molecule has 0 aliphatic heterocycles. The van der Waals surface area contributed by atoms with Gasteiger partial charge in [-0.25, -0.2) is 8.42 Å². The molecule has 0 saturated heterocycles. The largest absolute Gasteiger partial charge is 0.354 e. The molecule has 3 aromatic rings. The summed E-state index contributed by atoms with van der Waals surface area (Å²) in [7, 11) is -4.16. The summed E-state index contributed by atoms with van der Waals surface area (Å²) >= 11 is 12.9. The highest BCUT2D eigenvalue weighted by atomic mass is 35.5. The highest BCUT2D eigenvalue weighted by molar-refractivity contribution is 7.92. The molecule has 2 amide bonds. The number of hydrogen-bond acceptors (Lipinski definition) is 4. The fraction of sp³-hybridized carbons (Fsp3) is 0.355. The Morgan fingerprint density at radius 1 is 0.878 bits per heavy atom. The third-order valence-electron chi connectivity index (χ3n) is 6.75. The molecule has 0 aromatic heterocycles. The Kier molecular flexibility index (Phi) is 10.9. The Labute approximate surface area is 253 Å². The van der Waals surface area contributed by atoms with Crippen molar-refractivity contribution in [2.45, 2.75) is 59.0 Å². The molecule has 10 heteroatoms. The first-order valence-corrected chi connectivity index (χ1v) is 15.6. The average molecular weight is 619 g/mol. The Balaban J connectivity index is 2.09. The zero-order valence-corrected chi connectivity index (χ0v) is 26.6. The Bertz CT molecular complexity index is 1490. The van der Waals surface area contributed by atoms with Crippen LogP contribution < -0.4 is 9.62 Å². The van der Waals surface area contributed by atoms with Crippen LogP contribution >= 0.6 is 23.2 Å². The summed E-state index contributed by atoms with van der Waals surface area (Å²) in [6, 6.07) is 15.9. The molecule has 1 N–H and O–H groups in total. The summed E-state index contributed by atoms with van der Waals surface area (Å²) in [6.07, 6.45) is 0. The molecule has 0 aliphatic rings. The lowest BCUT2D eigenvalue weighted by Crippen LogP contribution is -2.51. The summed E-state index contributed by atoms with van der Waals surface area (Å²) in [5, 5.41) is 3.54. The van der Waals surface area contributed by atoms with Gasteiger partial charge in [-0.05, 0) is 69.5 Å². The first-order valence-electron chi connectivity index (χ1n) is 13.4. The number of rotatable bonds is 11. The van der Waals surface area contributed by atoms with Crippen molar-refractivity contribution in [2.24, 2.45) is 5.92 Å². The fourth-order valence-electron chi connectivity index (χ4n) is 4.32. The van der Waals surface area contributed by atoms with Crippen LogP contribution in [0.5, 0.6) is 0 Å². The molecule has 41 heavy (non-hydrogen) atoms. The first kappa shape index (κ1) is 32.4. The van der Waals surface area contributed by atoms with E-state index in [1.165, 1.54) is 17.0 Å². The monoisotopic (exact) mass is 617 g/mol. The van der Waals surface area contributed by atoms with E-state index in [9.17, 15) is 18.0 Å². The Morgan fingerprint density at radius 3 is 2.02 bits per heavy atom. The molecule has 3 rings (SSSR count). The maximum Gasteiger partial charge on any atom is 0.264 e. The lowest BCUT2D eigenvalue weighted by molar-refractivity contribution is -0.139. The van der Waals surface area contributed by atoms with Crippen LogP contribution in [-0.4, -0.2) is 44.3 Å². The summed E-state index contributed by atoms with van der Waals surface area (Å²) < 4.78 is 29.1. The molecule has 0 heterocycles. The van der Waals surface area contributed by atoms with Gasteiger partial charge in [0.25, 0.3) is 10.0 Å². The molecule has 0 saturated carbocycles. The molecule has 0 bridgehead atoms. The lowest BCUT2D eigenvalue weighted by atomic mass is 10.1. The van der Waals surface area contributed by atoms with Crippen molar-refractivity contribution in [2.75, 3.05) is 17.4 Å². The maximum atomic E-state index is 14.1. The number of amides is 2. The number of sulfonamides is 1. The van der Waals surface area contributed by atoms with Crippen LogP contribution in [0, 0.1) is 26.7 Å². The summed E-state index contributed by atoms with van der Waals surface area (Å²) in [5.74, 6) is -0.744. The number of halogens is 2. The molecule has 220 valence electrons. The Hall–Kier alpha value is -3.07. The minimum absolute atomic E-state index is 0.0549. The third-order valence-corrected chi connectivity index (χ3v) is 9.23. The minimum atomic E-state index is -4.16. The topological polar surface area (TPSA) is 86.8 Å². The SMILES string of the molecule is Cc1ccc(S(=O)(=O)N(CC(=O)N(Cc2c(Cl)cccc2Cl)[C@@H](C)C(=O)NCC(C)C)c2ccc(C)cc2C)cc1. The van der Waals surface area contributed by atoms with E-state index in [1.807, 2.05) is 33.8 Å². The molecule has 0 unspecified atom stereocenters. The van der Waals surface area contributed by atoms with Gasteiger partial charge in [0.15, 0.2) is 0 Å². The predicted molar refractivity (Wildman–Crippen MR) is 166 cm³/mol. The van der Waals surface area contributed by atoms with E-state index in [0.29, 0.717) is 33.4 Å². The van der Waals surface area contributed by atoms with Crippen molar-refractivity contribution in [3.05, 3.63) is 93.0 Å². The van der Waals surface area contributed by atoms with Crippen LogP contribution in [0.3, 0.4) is 0 Å². The van der Waals surface area contributed by atoms with Crippen molar-refractivity contribution >= 4 is 50.7 Å². The van der Waals surface area contributed by atoms with E-state index in [0.717, 1.165) is 15.4 Å². The van der Waals surface area contributed by atoms with E-state index >= 15 is 0 Å². The van der Waals surface area contributed by atoms with Gasteiger partial charge in [0.2, 0.25) is 11.8 Å². The molecular weight excluding hydrogens is 581 g/mol. The maximum absolute atomic E-state index is 14.1. The van der Waals surface area contributed by atoms with E-state index in [1.54, 1.807) is 56.3 Å². The van der Waals surface area contributed by atoms with Crippen LogP contribution in [-0.2, 0) is 26.2 Å². The summed E-state index contributed by atoms with van der Waals surface area (Å²) in [4.78, 5) is 28.6. The lowest BCUT2D eigenvalue weighted by Gasteiger charge is -2.33. The van der Waals surface area contributed by atoms with E-state index < -0.39 is 28.5 Å². The smallest absolute Gasteiger partial charge is 0.264 e. The highest BCUT2D eigenvalue weighted by Gasteiger charge is 2.33. The van der Waals surface area contributed by atoms with Gasteiger partial charge in [-0.3, -0.25) is 13.9 Å². The second-order valence-corrected chi connectivity index (χ2v) is 13.3. The number of nitrogens with zero attached hydrogens (tertiary/aromatic N) is 2. The number of carbonyl (C=O) groups is 2. The van der Waals surface area contributed by atoms with Crippen LogP contribution in [0.25, 0.3) is 0 Å². The molecule has 7 nitrogen and oxygen atoms in total. The number of nitrogens with one attached hydrogen (secondary N) is 1. The Morgan fingerprint density at radius 2 is 1.46 bits per heavy atom. The summed E-state index contributed by atoms with van der Waals surface area (Å²) in [5.41, 5.74) is 3.39. The van der Waals surface area contributed by atoms with Crippen LogP contribution in [0.4, 0.5) is 5.69 Å². The third kappa shape index (κ3) is 8.03. The van der Waals surface area contributed by atoms with Crippen LogP contribution in [0.2, 0.25) is 10.0 Å². The van der Waals surface area contributed by atoms with Gasteiger partial charge in [-0.1, -0.05) is 78.5 Å². The second kappa shape index (κ2) is 13.7. The van der Waals surface area contributed by atoms with Crippen LogP contribution in [0.15, 0.2) is 65.6 Å². The van der Waals surface area contributed by atoms with Gasteiger partial charge < -0.3 is 10.2 Å². The second-order valence-electron chi connectivity index (χ2n) is 10.7. The molecule has 3 aromatic carbocycles. The van der Waals surface area contributed by atoms with Gasteiger partial charge in [-0.2, -0.15) is 0 Å². The highest BCUT2D eigenvalue weighted by Crippen LogP contribution is 2.30. The number of carbonyl (C=O) groups excluding carboxylic acids is 2. The number of aryl methyl sites for hydroxylation is 3. The molecular formula is C31H37Cl2N3O4S. The summed E-state index contributed by atoms with van der Waals surface area (Å²) in [6.45, 7) is 10.9. The number of benzene rings is 3. The predicted octanol–water partition coefficient (Wildman–Crippen LogP) is 6.30. The zero-order valence-electron chi connectivity index (χ0n) is 24.2. The molecule has 1 atom stereocenters. The molecule has 0 aliphatic carbocycles. The van der Waals surface area contributed by atoms with Gasteiger partial charge >= 0.3 is 0 Å². The van der Waals surface area contributed by atoms with Gasteiger partial charge in [-0.15, -0.1) is 0 Å². The van der Waals surface area contributed by atoms with Gasteiger partial charge in [0.1, 0.15) is 12.6 Å². The van der Waals surface area contributed by atoms with Gasteiger partial charge in [0, 0.05) is 28.7 Å².